The molecule has 1 saturated heterocycles. The summed E-state index contributed by atoms with van der Waals surface area (Å²) in [5.41, 5.74) is 2.07. The summed E-state index contributed by atoms with van der Waals surface area (Å²) in [5, 5.41) is 12.5. The highest BCUT2D eigenvalue weighted by atomic mass is 16.3. The second-order valence-corrected chi connectivity index (χ2v) is 4.08. The van der Waals surface area contributed by atoms with Crippen molar-refractivity contribution in [3.63, 3.8) is 0 Å². The smallest absolute Gasteiger partial charge is 0.138 e. The zero-order valence-electron chi connectivity index (χ0n) is 9.16. The minimum Gasteiger partial charge on any atom is -0.506 e. The van der Waals surface area contributed by atoms with Gasteiger partial charge in [-0.3, -0.25) is 4.90 Å². The van der Waals surface area contributed by atoms with E-state index in [9.17, 15) is 5.11 Å². The van der Waals surface area contributed by atoms with Gasteiger partial charge in [-0.05, 0) is 43.6 Å². The van der Waals surface area contributed by atoms with Crippen LogP contribution in [-0.2, 0) is 6.54 Å². The Kier molecular flexibility index (Phi) is 3.11. The highest BCUT2D eigenvalue weighted by molar-refractivity contribution is 5.56. The zero-order chi connectivity index (χ0) is 10.7. The second-order valence-electron chi connectivity index (χ2n) is 4.08. The summed E-state index contributed by atoms with van der Waals surface area (Å²) in [6, 6.07) is 5.78. The van der Waals surface area contributed by atoms with Crippen LogP contribution in [0.15, 0.2) is 18.2 Å². The summed E-state index contributed by atoms with van der Waals surface area (Å²) in [4.78, 5) is 2.45. The van der Waals surface area contributed by atoms with E-state index in [0.29, 0.717) is 5.75 Å². The van der Waals surface area contributed by atoms with Crippen LogP contribution in [0.3, 0.4) is 0 Å². The minimum absolute atomic E-state index is 0.322. The Morgan fingerprint density at radius 3 is 2.73 bits per heavy atom. The Morgan fingerprint density at radius 2 is 2.07 bits per heavy atom. The molecule has 0 amide bonds. The molecule has 0 aromatic heterocycles. The van der Waals surface area contributed by atoms with E-state index < -0.39 is 0 Å². The first-order chi connectivity index (χ1) is 7.29. The molecular weight excluding hydrogens is 188 g/mol. The molecule has 0 atom stereocenters. The third kappa shape index (κ3) is 2.42. The van der Waals surface area contributed by atoms with Gasteiger partial charge in [0.1, 0.15) is 5.75 Å². The SMILES string of the molecule is CNc1cc(CN2CCCC2)ccc1O. The van der Waals surface area contributed by atoms with Gasteiger partial charge in [-0.1, -0.05) is 6.07 Å². The van der Waals surface area contributed by atoms with Crippen LogP contribution in [0.1, 0.15) is 18.4 Å². The summed E-state index contributed by atoms with van der Waals surface area (Å²) in [5.74, 6) is 0.322. The molecule has 0 bridgehead atoms. The molecule has 1 heterocycles. The van der Waals surface area contributed by atoms with Crippen LogP contribution >= 0.6 is 0 Å². The molecule has 82 valence electrons. The number of anilines is 1. The van der Waals surface area contributed by atoms with Gasteiger partial charge < -0.3 is 10.4 Å². The molecule has 1 aromatic carbocycles. The van der Waals surface area contributed by atoms with Crippen LogP contribution in [0.5, 0.6) is 5.75 Å². The molecule has 1 aliphatic rings. The van der Waals surface area contributed by atoms with Crippen molar-refractivity contribution in [1.82, 2.24) is 4.90 Å². The van der Waals surface area contributed by atoms with Gasteiger partial charge in [0, 0.05) is 13.6 Å². The standard InChI is InChI=1S/C12H18N2O/c1-13-11-8-10(4-5-12(11)15)9-14-6-2-3-7-14/h4-5,8,13,15H,2-3,6-7,9H2,1H3. The van der Waals surface area contributed by atoms with Crippen molar-refractivity contribution in [2.45, 2.75) is 19.4 Å². The van der Waals surface area contributed by atoms with E-state index in [4.69, 9.17) is 0 Å². The third-order valence-electron chi connectivity index (χ3n) is 2.94. The zero-order valence-corrected chi connectivity index (χ0v) is 9.16. The number of hydrogen-bond acceptors (Lipinski definition) is 3. The van der Waals surface area contributed by atoms with Crippen molar-refractivity contribution < 1.29 is 5.11 Å². The lowest BCUT2D eigenvalue weighted by atomic mass is 10.1. The Bertz CT molecular complexity index is 332. The fourth-order valence-electron chi connectivity index (χ4n) is 2.08. The minimum atomic E-state index is 0.322. The maximum atomic E-state index is 9.52. The van der Waals surface area contributed by atoms with Gasteiger partial charge in [-0.15, -0.1) is 0 Å². The first-order valence-corrected chi connectivity index (χ1v) is 5.51. The number of phenolic OH excluding ortho intramolecular Hbond substituents is 1. The number of nitrogens with zero attached hydrogens (tertiary/aromatic N) is 1. The van der Waals surface area contributed by atoms with Crippen molar-refractivity contribution >= 4 is 5.69 Å². The Morgan fingerprint density at radius 1 is 1.33 bits per heavy atom. The monoisotopic (exact) mass is 206 g/mol. The number of rotatable bonds is 3. The van der Waals surface area contributed by atoms with Gasteiger partial charge in [-0.2, -0.15) is 0 Å². The molecule has 1 fully saturated rings. The van der Waals surface area contributed by atoms with Gasteiger partial charge in [0.2, 0.25) is 0 Å². The van der Waals surface area contributed by atoms with E-state index >= 15 is 0 Å². The Balaban J connectivity index is 2.07. The summed E-state index contributed by atoms with van der Waals surface area (Å²) in [6.45, 7) is 3.40. The quantitative estimate of drug-likeness (QED) is 0.743. The second kappa shape index (κ2) is 4.53. The highest BCUT2D eigenvalue weighted by Crippen LogP contribution is 2.24. The molecule has 0 aliphatic carbocycles. The lowest BCUT2D eigenvalue weighted by Crippen LogP contribution is -2.18. The topological polar surface area (TPSA) is 35.5 Å². The van der Waals surface area contributed by atoms with E-state index in [1.54, 1.807) is 6.07 Å². The van der Waals surface area contributed by atoms with Crippen molar-refractivity contribution in [3.05, 3.63) is 23.8 Å². The third-order valence-corrected chi connectivity index (χ3v) is 2.94. The van der Waals surface area contributed by atoms with Crippen LogP contribution in [-0.4, -0.2) is 30.1 Å². The fraction of sp³-hybridized carbons (Fsp3) is 0.500. The molecule has 1 aromatic rings. The fourth-order valence-corrected chi connectivity index (χ4v) is 2.08. The molecule has 0 unspecified atom stereocenters. The van der Waals surface area contributed by atoms with Crippen LogP contribution in [0.4, 0.5) is 5.69 Å². The normalized spacial score (nSPS) is 16.9. The molecule has 2 N–H and O–H groups in total. The molecule has 3 heteroatoms. The van der Waals surface area contributed by atoms with E-state index in [-0.39, 0.29) is 0 Å². The molecule has 1 aliphatic heterocycles. The molecule has 0 radical (unpaired) electrons. The molecule has 15 heavy (non-hydrogen) atoms. The Hall–Kier alpha value is -1.22. The number of phenols is 1. The van der Waals surface area contributed by atoms with Crippen molar-refractivity contribution in [1.29, 1.82) is 0 Å². The molecule has 3 nitrogen and oxygen atoms in total. The molecular formula is C12H18N2O. The number of benzene rings is 1. The number of likely N-dealkylation sites (tertiary alicyclic amines) is 1. The summed E-state index contributed by atoms with van der Waals surface area (Å²) < 4.78 is 0. The van der Waals surface area contributed by atoms with Crippen LogP contribution in [0.25, 0.3) is 0 Å². The first kappa shape index (κ1) is 10.3. The van der Waals surface area contributed by atoms with E-state index in [1.807, 2.05) is 19.2 Å². The van der Waals surface area contributed by atoms with Crippen LogP contribution in [0.2, 0.25) is 0 Å². The number of nitrogens with one attached hydrogen (secondary N) is 1. The Labute approximate surface area is 90.7 Å². The predicted octanol–water partition coefficient (Wildman–Crippen LogP) is 2.03. The van der Waals surface area contributed by atoms with Gasteiger partial charge in [0.15, 0.2) is 0 Å². The largest absolute Gasteiger partial charge is 0.506 e. The summed E-state index contributed by atoms with van der Waals surface area (Å²) >= 11 is 0. The van der Waals surface area contributed by atoms with E-state index in [2.05, 4.69) is 10.2 Å². The average Bonchev–Trinajstić information content (AvgIpc) is 2.73. The van der Waals surface area contributed by atoms with Gasteiger partial charge in [0.05, 0.1) is 5.69 Å². The predicted molar refractivity (Wildman–Crippen MR) is 62.2 cm³/mol. The van der Waals surface area contributed by atoms with Crippen LogP contribution in [0, 0.1) is 0 Å². The van der Waals surface area contributed by atoms with Gasteiger partial charge in [-0.25, -0.2) is 0 Å². The van der Waals surface area contributed by atoms with Crippen molar-refractivity contribution in [3.8, 4) is 5.75 Å². The van der Waals surface area contributed by atoms with Crippen molar-refractivity contribution in [2.24, 2.45) is 0 Å². The molecule has 0 spiro atoms. The molecule has 2 rings (SSSR count). The number of hydrogen-bond donors (Lipinski definition) is 2. The number of aromatic hydroxyl groups is 1. The van der Waals surface area contributed by atoms with Gasteiger partial charge >= 0.3 is 0 Å². The van der Waals surface area contributed by atoms with Crippen molar-refractivity contribution in [2.75, 3.05) is 25.5 Å². The lowest BCUT2D eigenvalue weighted by Gasteiger charge is -2.15. The summed E-state index contributed by atoms with van der Waals surface area (Å²) in [6.07, 6.45) is 2.63. The highest BCUT2D eigenvalue weighted by Gasteiger charge is 2.12. The van der Waals surface area contributed by atoms with Crippen LogP contribution < -0.4 is 5.32 Å². The van der Waals surface area contributed by atoms with Gasteiger partial charge in [0.25, 0.3) is 0 Å². The summed E-state index contributed by atoms with van der Waals surface area (Å²) in [7, 11) is 1.83. The average molecular weight is 206 g/mol. The molecule has 0 saturated carbocycles. The van der Waals surface area contributed by atoms with E-state index in [0.717, 1.165) is 12.2 Å². The lowest BCUT2D eigenvalue weighted by molar-refractivity contribution is 0.331. The maximum absolute atomic E-state index is 9.52. The first-order valence-electron chi connectivity index (χ1n) is 5.51. The van der Waals surface area contributed by atoms with E-state index in [1.165, 1.54) is 31.5 Å². The maximum Gasteiger partial charge on any atom is 0.138 e.